The maximum atomic E-state index is 13.4. The number of hydrogen-bond acceptors (Lipinski definition) is 7. The largest absolute Gasteiger partial charge is 0.472 e. The highest BCUT2D eigenvalue weighted by atomic mass is 16.5. The SMILES string of the molecule is CC(=O)N(C)C[C@H]1Oc2ncc(-c3cncnc3)cc2C(=O)N([C@H](C)CO)C[C@@H]1C. The Morgan fingerprint density at radius 3 is 2.67 bits per heavy atom. The number of amides is 2. The van der Waals surface area contributed by atoms with Gasteiger partial charge in [0, 0.05) is 56.2 Å². The van der Waals surface area contributed by atoms with Crippen molar-refractivity contribution >= 4 is 11.8 Å². The molecule has 0 bridgehead atoms. The number of hydrogen-bond donors (Lipinski definition) is 1. The van der Waals surface area contributed by atoms with Gasteiger partial charge in [0.1, 0.15) is 18.0 Å². The number of carbonyl (C=O) groups is 2. The highest BCUT2D eigenvalue weighted by Gasteiger charge is 2.34. The Morgan fingerprint density at radius 1 is 1.33 bits per heavy atom. The van der Waals surface area contributed by atoms with E-state index in [2.05, 4.69) is 15.0 Å². The van der Waals surface area contributed by atoms with Crippen molar-refractivity contribution in [2.45, 2.75) is 32.9 Å². The standard InChI is InChI=1S/C21H27N5O4/c1-13-9-26(14(2)11-27)21(29)18-5-16(17-6-22-12-23-7-17)8-24-20(18)30-19(13)10-25(4)15(3)28/h5-8,12-14,19,27H,9-11H2,1-4H3/t13-,14+,19+/m0/s1. The summed E-state index contributed by atoms with van der Waals surface area (Å²) in [5.74, 6) is -0.203. The van der Waals surface area contributed by atoms with Gasteiger partial charge in [0.2, 0.25) is 11.8 Å². The first kappa shape index (κ1) is 21.6. The van der Waals surface area contributed by atoms with Crippen LogP contribution in [0, 0.1) is 5.92 Å². The van der Waals surface area contributed by atoms with Crippen molar-refractivity contribution in [3.63, 3.8) is 0 Å². The minimum atomic E-state index is -0.374. The van der Waals surface area contributed by atoms with Gasteiger partial charge in [-0.25, -0.2) is 15.0 Å². The van der Waals surface area contributed by atoms with E-state index in [4.69, 9.17) is 4.74 Å². The summed E-state index contributed by atoms with van der Waals surface area (Å²) in [7, 11) is 1.71. The van der Waals surface area contributed by atoms with Crippen LogP contribution in [0.15, 0.2) is 31.0 Å². The molecular formula is C21H27N5O4. The van der Waals surface area contributed by atoms with Gasteiger partial charge in [-0.3, -0.25) is 9.59 Å². The Labute approximate surface area is 175 Å². The normalized spacial score (nSPS) is 19.9. The van der Waals surface area contributed by atoms with Crippen LogP contribution in [0.4, 0.5) is 0 Å². The van der Waals surface area contributed by atoms with Gasteiger partial charge < -0.3 is 19.6 Å². The first-order valence-corrected chi connectivity index (χ1v) is 9.87. The van der Waals surface area contributed by atoms with Crippen LogP contribution in [-0.2, 0) is 4.79 Å². The van der Waals surface area contributed by atoms with E-state index >= 15 is 0 Å². The average Bonchev–Trinajstić information content (AvgIpc) is 2.75. The second-order valence-electron chi connectivity index (χ2n) is 7.73. The summed E-state index contributed by atoms with van der Waals surface area (Å²) >= 11 is 0. The topological polar surface area (TPSA) is 109 Å². The summed E-state index contributed by atoms with van der Waals surface area (Å²) in [6.45, 7) is 5.84. The third-order valence-corrected chi connectivity index (χ3v) is 5.41. The minimum absolute atomic E-state index is 0.0721. The smallest absolute Gasteiger partial charge is 0.259 e. The van der Waals surface area contributed by atoms with E-state index in [0.717, 1.165) is 5.56 Å². The fourth-order valence-corrected chi connectivity index (χ4v) is 3.32. The maximum absolute atomic E-state index is 13.4. The van der Waals surface area contributed by atoms with Crippen molar-refractivity contribution in [3.05, 3.63) is 36.5 Å². The molecule has 0 unspecified atom stereocenters. The summed E-state index contributed by atoms with van der Waals surface area (Å²) in [4.78, 5) is 40.8. The highest BCUT2D eigenvalue weighted by Crippen LogP contribution is 2.30. The van der Waals surface area contributed by atoms with Gasteiger partial charge in [-0.05, 0) is 13.0 Å². The molecule has 3 atom stereocenters. The molecule has 0 spiro atoms. The molecule has 0 saturated heterocycles. The predicted molar refractivity (Wildman–Crippen MR) is 110 cm³/mol. The monoisotopic (exact) mass is 413 g/mol. The molecule has 0 radical (unpaired) electrons. The molecule has 1 aliphatic rings. The summed E-state index contributed by atoms with van der Waals surface area (Å²) < 4.78 is 6.15. The van der Waals surface area contributed by atoms with Crippen molar-refractivity contribution < 1.29 is 19.4 Å². The molecule has 160 valence electrons. The Morgan fingerprint density at radius 2 is 2.03 bits per heavy atom. The van der Waals surface area contributed by atoms with E-state index in [-0.39, 0.29) is 42.4 Å². The van der Waals surface area contributed by atoms with E-state index in [1.807, 2.05) is 6.92 Å². The summed E-state index contributed by atoms with van der Waals surface area (Å²) in [6, 6.07) is 1.34. The Kier molecular flexibility index (Phi) is 6.61. The van der Waals surface area contributed by atoms with Gasteiger partial charge in [-0.15, -0.1) is 0 Å². The van der Waals surface area contributed by atoms with Gasteiger partial charge in [-0.1, -0.05) is 6.92 Å². The van der Waals surface area contributed by atoms with Crippen LogP contribution >= 0.6 is 0 Å². The van der Waals surface area contributed by atoms with Crippen LogP contribution in [0.2, 0.25) is 0 Å². The molecule has 30 heavy (non-hydrogen) atoms. The zero-order valence-electron chi connectivity index (χ0n) is 17.6. The number of nitrogens with zero attached hydrogens (tertiary/aromatic N) is 5. The van der Waals surface area contributed by atoms with Crippen molar-refractivity contribution in [2.24, 2.45) is 5.92 Å². The molecule has 9 heteroatoms. The van der Waals surface area contributed by atoms with Crippen molar-refractivity contribution in [1.29, 1.82) is 0 Å². The molecule has 0 fully saturated rings. The predicted octanol–water partition coefficient (Wildman–Crippen LogP) is 1.24. The lowest BCUT2D eigenvalue weighted by Gasteiger charge is -2.37. The van der Waals surface area contributed by atoms with Crippen LogP contribution in [0.25, 0.3) is 11.1 Å². The van der Waals surface area contributed by atoms with Crippen LogP contribution < -0.4 is 4.74 Å². The lowest BCUT2D eigenvalue weighted by atomic mass is 9.99. The van der Waals surface area contributed by atoms with Crippen molar-refractivity contribution in [3.8, 4) is 17.0 Å². The lowest BCUT2D eigenvalue weighted by Crippen LogP contribution is -2.50. The van der Waals surface area contributed by atoms with Crippen LogP contribution in [0.3, 0.4) is 0 Å². The lowest BCUT2D eigenvalue weighted by molar-refractivity contribution is -0.129. The second-order valence-corrected chi connectivity index (χ2v) is 7.73. The Balaban J connectivity index is 2.05. The van der Waals surface area contributed by atoms with E-state index in [9.17, 15) is 14.7 Å². The molecule has 0 saturated carbocycles. The number of pyridine rings is 1. The van der Waals surface area contributed by atoms with Crippen LogP contribution in [-0.4, -0.2) is 80.6 Å². The molecule has 2 aromatic rings. The molecule has 1 N–H and O–H groups in total. The first-order valence-electron chi connectivity index (χ1n) is 9.87. The van der Waals surface area contributed by atoms with Gasteiger partial charge >= 0.3 is 0 Å². The molecule has 2 aromatic heterocycles. The van der Waals surface area contributed by atoms with E-state index in [0.29, 0.717) is 24.2 Å². The number of fused-ring (bicyclic) bond motifs is 1. The van der Waals surface area contributed by atoms with Crippen LogP contribution in [0.5, 0.6) is 5.88 Å². The van der Waals surface area contributed by atoms with E-state index < -0.39 is 0 Å². The zero-order valence-corrected chi connectivity index (χ0v) is 17.6. The van der Waals surface area contributed by atoms with Gasteiger partial charge in [0.25, 0.3) is 5.91 Å². The number of likely N-dealkylation sites (N-methyl/N-ethyl adjacent to an activating group) is 1. The average molecular weight is 413 g/mol. The van der Waals surface area contributed by atoms with E-state index in [1.54, 1.807) is 48.4 Å². The highest BCUT2D eigenvalue weighted by molar-refractivity contribution is 5.98. The van der Waals surface area contributed by atoms with Crippen molar-refractivity contribution in [1.82, 2.24) is 24.8 Å². The van der Waals surface area contributed by atoms with Crippen molar-refractivity contribution in [2.75, 3.05) is 26.7 Å². The fraction of sp³-hybridized carbons (Fsp3) is 0.476. The quantitative estimate of drug-likeness (QED) is 0.785. The number of rotatable bonds is 5. The number of aliphatic hydroxyl groups is 1. The Bertz CT molecular complexity index is 908. The number of carbonyl (C=O) groups excluding carboxylic acids is 2. The molecule has 9 nitrogen and oxygen atoms in total. The molecule has 2 amide bonds. The summed E-state index contributed by atoms with van der Waals surface area (Å²) in [5, 5.41) is 9.71. The fourth-order valence-electron chi connectivity index (χ4n) is 3.32. The second kappa shape index (κ2) is 9.17. The molecule has 0 aliphatic carbocycles. The van der Waals surface area contributed by atoms with Crippen LogP contribution in [0.1, 0.15) is 31.1 Å². The Hall–Kier alpha value is -3.07. The molecule has 3 heterocycles. The molecular weight excluding hydrogens is 386 g/mol. The van der Waals surface area contributed by atoms with E-state index in [1.165, 1.54) is 13.3 Å². The van der Waals surface area contributed by atoms with Gasteiger partial charge in [0.15, 0.2) is 0 Å². The molecule has 3 rings (SSSR count). The minimum Gasteiger partial charge on any atom is -0.472 e. The number of ether oxygens (including phenoxy) is 1. The molecule has 0 aromatic carbocycles. The number of aliphatic hydroxyl groups excluding tert-OH is 1. The third kappa shape index (κ3) is 4.56. The zero-order chi connectivity index (χ0) is 21.8. The van der Waals surface area contributed by atoms with Gasteiger partial charge in [0.05, 0.1) is 19.2 Å². The molecule has 1 aliphatic heterocycles. The van der Waals surface area contributed by atoms with Gasteiger partial charge in [-0.2, -0.15) is 0 Å². The third-order valence-electron chi connectivity index (χ3n) is 5.41. The first-order chi connectivity index (χ1) is 14.3. The number of aromatic nitrogens is 3. The summed E-state index contributed by atoms with van der Waals surface area (Å²) in [5.41, 5.74) is 1.72. The summed E-state index contributed by atoms with van der Waals surface area (Å²) in [6.07, 6.45) is 5.97. The maximum Gasteiger partial charge on any atom is 0.259 e.